The van der Waals surface area contributed by atoms with Crippen molar-refractivity contribution in [1.82, 2.24) is 14.2 Å². The van der Waals surface area contributed by atoms with Gasteiger partial charge in [0, 0.05) is 73.7 Å². The van der Waals surface area contributed by atoms with Crippen molar-refractivity contribution in [2.45, 2.75) is 43.5 Å². The van der Waals surface area contributed by atoms with Gasteiger partial charge in [0.1, 0.15) is 5.75 Å². The maximum absolute atomic E-state index is 13.9. The van der Waals surface area contributed by atoms with Gasteiger partial charge in [0.15, 0.2) is 0 Å². The number of methoxy groups -OCH3 is 1. The molecule has 0 saturated carbocycles. The molecule has 7 rings (SSSR count). The number of aromatic nitrogens is 1. The molecule has 4 heterocycles. The summed E-state index contributed by atoms with van der Waals surface area (Å²) in [6.45, 7) is 4.24. The molecular formula is C35H38N4O4S. The predicted octanol–water partition coefficient (Wildman–Crippen LogP) is 5.51. The summed E-state index contributed by atoms with van der Waals surface area (Å²) < 4.78 is 34.9. The van der Waals surface area contributed by atoms with Gasteiger partial charge < -0.3 is 14.5 Å². The van der Waals surface area contributed by atoms with Crippen LogP contribution in [-0.2, 0) is 23.0 Å². The molecule has 1 aromatic heterocycles. The number of hydrogen-bond acceptors (Lipinski definition) is 6. The molecule has 8 nitrogen and oxygen atoms in total. The lowest BCUT2D eigenvalue weighted by Crippen LogP contribution is -2.48. The summed E-state index contributed by atoms with van der Waals surface area (Å²) in [5, 5.41) is 1.41. The Morgan fingerprint density at radius 2 is 1.52 bits per heavy atom. The minimum atomic E-state index is -3.77. The molecule has 0 radical (unpaired) electrons. The molecule has 0 bridgehead atoms. The molecule has 2 saturated heterocycles. The van der Waals surface area contributed by atoms with Gasteiger partial charge in [0.2, 0.25) is 10.0 Å². The number of ether oxygens (including phenoxy) is 1. The molecule has 3 aliphatic heterocycles. The summed E-state index contributed by atoms with van der Waals surface area (Å²) in [4.78, 5) is 22.5. The molecule has 4 aromatic rings. The molecule has 0 unspecified atom stereocenters. The molecule has 0 N–H and O–H groups in total. The average molecular weight is 611 g/mol. The average Bonchev–Trinajstić information content (AvgIpc) is 3.08. The Bertz CT molecular complexity index is 1790. The van der Waals surface area contributed by atoms with Crippen LogP contribution in [0.4, 0.5) is 5.69 Å². The lowest BCUT2D eigenvalue weighted by atomic mass is 9.71. The molecular weight excluding hydrogens is 572 g/mol. The summed E-state index contributed by atoms with van der Waals surface area (Å²) >= 11 is 0. The number of rotatable bonds is 5. The number of benzene rings is 3. The van der Waals surface area contributed by atoms with Crippen molar-refractivity contribution in [3.63, 3.8) is 0 Å². The third kappa shape index (κ3) is 5.22. The summed E-state index contributed by atoms with van der Waals surface area (Å²) in [7, 11) is -2.18. The fraction of sp³-hybridized carbons (Fsp3) is 0.371. The minimum Gasteiger partial charge on any atom is -0.496 e. The van der Waals surface area contributed by atoms with Crippen LogP contribution in [-0.4, -0.2) is 68.3 Å². The van der Waals surface area contributed by atoms with Crippen LogP contribution in [0, 0.1) is 5.41 Å². The van der Waals surface area contributed by atoms with Crippen molar-refractivity contribution in [1.29, 1.82) is 0 Å². The van der Waals surface area contributed by atoms with E-state index in [9.17, 15) is 13.2 Å². The van der Waals surface area contributed by atoms with E-state index in [4.69, 9.17) is 4.74 Å². The topological polar surface area (TPSA) is 83.0 Å². The number of carbonyl (C=O) groups is 1. The first kappa shape index (κ1) is 28.8. The van der Waals surface area contributed by atoms with E-state index in [1.807, 2.05) is 59.8 Å². The van der Waals surface area contributed by atoms with Crippen molar-refractivity contribution in [3.8, 4) is 5.75 Å². The van der Waals surface area contributed by atoms with Gasteiger partial charge in [-0.3, -0.25) is 9.78 Å². The van der Waals surface area contributed by atoms with Gasteiger partial charge in [-0.15, -0.1) is 0 Å². The zero-order valence-electron chi connectivity index (χ0n) is 25.1. The Kier molecular flexibility index (Phi) is 7.54. The molecule has 2 fully saturated rings. The highest BCUT2D eigenvalue weighted by Crippen LogP contribution is 2.42. The number of hydrogen-bond donors (Lipinski definition) is 0. The Labute approximate surface area is 259 Å². The number of likely N-dealkylation sites (tertiary alicyclic amines) is 1. The highest BCUT2D eigenvalue weighted by Gasteiger charge is 2.39. The van der Waals surface area contributed by atoms with Crippen molar-refractivity contribution in [2.75, 3.05) is 44.7 Å². The number of fused-ring (bicyclic) bond motifs is 2. The molecule has 1 amide bonds. The van der Waals surface area contributed by atoms with Crippen LogP contribution in [0.2, 0.25) is 0 Å². The van der Waals surface area contributed by atoms with E-state index in [1.165, 1.54) is 5.69 Å². The third-order valence-corrected chi connectivity index (χ3v) is 12.0. The maximum Gasteiger partial charge on any atom is 0.253 e. The van der Waals surface area contributed by atoms with Crippen LogP contribution in [0.5, 0.6) is 5.75 Å². The SMILES string of the molecule is COc1ccc(S(=O)(=O)N2CCc3ccc(C(=O)N4CCC5(CC4)CCN(c4ccncc4)CC5)cc3C2)c2ccccc12. The second kappa shape index (κ2) is 11.5. The van der Waals surface area contributed by atoms with Gasteiger partial charge in [-0.05, 0) is 85.0 Å². The lowest BCUT2D eigenvalue weighted by Gasteiger charge is -2.47. The number of piperidine rings is 2. The van der Waals surface area contributed by atoms with Crippen LogP contribution in [0.15, 0.2) is 84.0 Å². The van der Waals surface area contributed by atoms with Gasteiger partial charge in [-0.2, -0.15) is 4.31 Å². The first-order valence-corrected chi connectivity index (χ1v) is 16.9. The number of amides is 1. The van der Waals surface area contributed by atoms with Crippen molar-refractivity contribution >= 4 is 32.4 Å². The molecule has 0 atom stereocenters. The van der Waals surface area contributed by atoms with E-state index in [1.54, 1.807) is 23.5 Å². The van der Waals surface area contributed by atoms with Crippen LogP contribution >= 0.6 is 0 Å². The zero-order valence-corrected chi connectivity index (χ0v) is 25.9. The van der Waals surface area contributed by atoms with Crippen molar-refractivity contribution in [3.05, 3.63) is 95.8 Å². The summed E-state index contributed by atoms with van der Waals surface area (Å²) in [6.07, 6.45) is 8.65. The van der Waals surface area contributed by atoms with E-state index in [2.05, 4.69) is 22.0 Å². The number of sulfonamides is 1. The first-order chi connectivity index (χ1) is 21.4. The zero-order chi connectivity index (χ0) is 30.3. The Morgan fingerprint density at radius 3 is 2.25 bits per heavy atom. The first-order valence-electron chi connectivity index (χ1n) is 15.5. The second-order valence-corrected chi connectivity index (χ2v) is 14.3. The van der Waals surface area contributed by atoms with Crippen molar-refractivity contribution in [2.24, 2.45) is 5.41 Å². The number of nitrogens with zero attached hydrogens (tertiary/aromatic N) is 4. The van der Waals surface area contributed by atoms with E-state index >= 15 is 0 Å². The molecule has 1 spiro atoms. The van der Waals surface area contributed by atoms with Crippen LogP contribution < -0.4 is 9.64 Å². The lowest BCUT2D eigenvalue weighted by molar-refractivity contribution is 0.0515. The Morgan fingerprint density at radius 1 is 0.818 bits per heavy atom. The summed E-state index contributed by atoms with van der Waals surface area (Å²) in [5.74, 6) is 0.684. The van der Waals surface area contributed by atoms with Crippen LogP contribution in [0.25, 0.3) is 10.8 Å². The van der Waals surface area contributed by atoms with Gasteiger partial charge in [-0.1, -0.05) is 30.3 Å². The molecule has 228 valence electrons. The minimum absolute atomic E-state index is 0.0398. The summed E-state index contributed by atoms with van der Waals surface area (Å²) in [5.41, 5.74) is 4.18. The number of pyridine rings is 1. The monoisotopic (exact) mass is 610 g/mol. The normalized spacial score (nSPS) is 18.8. The fourth-order valence-electron chi connectivity index (χ4n) is 7.32. The molecule has 3 aromatic carbocycles. The third-order valence-electron chi connectivity index (χ3n) is 10.1. The number of carbonyl (C=O) groups excluding carboxylic acids is 1. The highest BCUT2D eigenvalue weighted by molar-refractivity contribution is 7.89. The fourth-order valence-corrected chi connectivity index (χ4v) is 8.93. The largest absolute Gasteiger partial charge is 0.496 e. The molecule has 44 heavy (non-hydrogen) atoms. The van der Waals surface area contributed by atoms with Gasteiger partial charge in [0.25, 0.3) is 5.91 Å². The van der Waals surface area contributed by atoms with E-state index in [-0.39, 0.29) is 17.3 Å². The van der Waals surface area contributed by atoms with E-state index in [0.717, 1.165) is 68.4 Å². The molecule has 3 aliphatic rings. The van der Waals surface area contributed by atoms with Crippen LogP contribution in [0.1, 0.15) is 47.2 Å². The Balaban J connectivity index is 1.03. The highest BCUT2D eigenvalue weighted by atomic mass is 32.2. The maximum atomic E-state index is 13.9. The van der Waals surface area contributed by atoms with Crippen LogP contribution in [0.3, 0.4) is 0 Å². The molecule has 9 heteroatoms. The predicted molar refractivity (Wildman–Crippen MR) is 171 cm³/mol. The standard InChI is InChI=1S/C35H38N4O4S/c1-43-32-8-9-33(31-5-3-2-4-30(31)32)44(41,42)39-19-12-26-6-7-27(24-28(26)25-39)34(40)38-22-15-35(16-23-38)13-20-37(21-14-35)29-10-17-36-18-11-29/h2-11,17-18,24H,12-16,19-23,25H2,1H3. The Hall–Kier alpha value is -3.95. The smallest absolute Gasteiger partial charge is 0.253 e. The summed E-state index contributed by atoms with van der Waals surface area (Å²) in [6, 6.07) is 20.8. The van der Waals surface area contributed by atoms with Gasteiger partial charge in [0.05, 0.1) is 12.0 Å². The van der Waals surface area contributed by atoms with Gasteiger partial charge in [-0.25, -0.2) is 8.42 Å². The second-order valence-electron chi connectivity index (χ2n) is 12.4. The van der Waals surface area contributed by atoms with E-state index in [0.29, 0.717) is 35.1 Å². The van der Waals surface area contributed by atoms with Gasteiger partial charge >= 0.3 is 0 Å². The number of anilines is 1. The quantitative estimate of drug-likeness (QED) is 0.296. The van der Waals surface area contributed by atoms with Crippen molar-refractivity contribution < 1.29 is 17.9 Å². The molecule has 0 aliphatic carbocycles. The van der Waals surface area contributed by atoms with E-state index < -0.39 is 10.0 Å².